The Kier molecular flexibility index (Phi) is 11.5. The minimum Gasteiger partial charge on any atom is -0.444 e. The molecule has 12 heteroatoms. The Hall–Kier alpha value is -4.74. The fourth-order valence-corrected chi connectivity index (χ4v) is 5.32. The van der Waals surface area contributed by atoms with Crippen molar-refractivity contribution in [3.05, 3.63) is 64.7 Å². The molecule has 2 aliphatic heterocycles. The van der Waals surface area contributed by atoms with Crippen molar-refractivity contribution in [1.29, 1.82) is 0 Å². The van der Waals surface area contributed by atoms with Crippen LogP contribution in [-0.4, -0.2) is 65.3 Å². The van der Waals surface area contributed by atoms with Crippen molar-refractivity contribution in [2.75, 3.05) is 18.4 Å². The molecule has 1 atom stereocenters. The van der Waals surface area contributed by atoms with Crippen molar-refractivity contribution in [3.63, 3.8) is 0 Å². The maximum Gasteiger partial charge on any atom is 0.407 e. The number of piperidine rings is 1. The molecule has 0 aromatic heterocycles. The lowest BCUT2D eigenvalue weighted by molar-refractivity contribution is -0.136. The Morgan fingerprint density at radius 2 is 1.48 bits per heavy atom. The number of hydrogen-bond acceptors (Lipinski definition) is 8. The summed E-state index contributed by atoms with van der Waals surface area (Å²) in [7, 11) is 0. The van der Waals surface area contributed by atoms with E-state index in [4.69, 9.17) is 4.74 Å². The summed E-state index contributed by atoms with van der Waals surface area (Å²) in [6.07, 6.45) is 5.76. The number of hydrogen-bond donors (Lipinski definition) is 4. The number of nitrogens with one attached hydrogen (secondary N) is 4. The van der Waals surface area contributed by atoms with E-state index >= 15 is 0 Å². The zero-order valence-electron chi connectivity index (χ0n) is 26.7. The van der Waals surface area contributed by atoms with E-state index in [1.165, 1.54) is 0 Å². The Bertz CT molecular complexity index is 1470. The van der Waals surface area contributed by atoms with E-state index in [1.54, 1.807) is 30.3 Å². The van der Waals surface area contributed by atoms with Crippen LogP contribution in [0.2, 0.25) is 0 Å². The van der Waals surface area contributed by atoms with Gasteiger partial charge in [-0.3, -0.25) is 34.2 Å². The predicted molar refractivity (Wildman–Crippen MR) is 171 cm³/mol. The maximum absolute atomic E-state index is 13.0. The van der Waals surface area contributed by atoms with Crippen LogP contribution in [0.25, 0.3) is 0 Å². The Balaban J connectivity index is 1.13. The molecule has 2 aromatic carbocycles. The zero-order valence-corrected chi connectivity index (χ0v) is 26.7. The number of carbonyl (C=O) groups is 6. The number of fused-ring (bicyclic) bond motifs is 1. The smallest absolute Gasteiger partial charge is 0.407 e. The molecule has 0 bridgehead atoms. The fraction of sp³-hybridized carbons (Fsp3) is 0.471. The number of unbranched alkanes of at least 4 members (excludes halogenated alkanes) is 5. The van der Waals surface area contributed by atoms with E-state index < -0.39 is 35.3 Å². The van der Waals surface area contributed by atoms with Crippen molar-refractivity contribution in [2.45, 2.75) is 90.3 Å². The van der Waals surface area contributed by atoms with Crippen molar-refractivity contribution >= 4 is 41.3 Å². The highest BCUT2D eigenvalue weighted by Gasteiger charge is 2.44. The van der Waals surface area contributed by atoms with E-state index in [2.05, 4.69) is 21.3 Å². The van der Waals surface area contributed by atoms with Crippen LogP contribution in [0.5, 0.6) is 0 Å². The average molecular weight is 634 g/mol. The minimum absolute atomic E-state index is 0.0668. The van der Waals surface area contributed by atoms with Crippen LogP contribution in [0.4, 0.5) is 10.5 Å². The molecule has 4 rings (SSSR count). The van der Waals surface area contributed by atoms with Gasteiger partial charge in [0.25, 0.3) is 17.7 Å². The van der Waals surface area contributed by atoms with Crippen LogP contribution in [0.3, 0.4) is 0 Å². The average Bonchev–Trinajstić information content (AvgIpc) is 3.25. The molecule has 246 valence electrons. The van der Waals surface area contributed by atoms with Gasteiger partial charge in [0, 0.05) is 37.3 Å². The zero-order chi connectivity index (χ0) is 33.3. The number of nitrogens with zero attached hydrogens (tertiary/aromatic N) is 1. The van der Waals surface area contributed by atoms with Crippen molar-refractivity contribution in [1.82, 2.24) is 20.9 Å². The topological polar surface area (TPSA) is 163 Å². The molecule has 12 nitrogen and oxygen atoms in total. The first-order valence-corrected chi connectivity index (χ1v) is 15.9. The summed E-state index contributed by atoms with van der Waals surface area (Å²) in [6, 6.07) is 11.1. The molecule has 0 spiro atoms. The molecule has 1 fully saturated rings. The third kappa shape index (κ3) is 9.38. The number of amides is 6. The summed E-state index contributed by atoms with van der Waals surface area (Å²) in [5, 5.41) is 11.2. The van der Waals surface area contributed by atoms with Crippen LogP contribution >= 0.6 is 0 Å². The molecule has 2 heterocycles. The second-order valence-electron chi connectivity index (χ2n) is 12.6. The van der Waals surface area contributed by atoms with Crippen molar-refractivity contribution in [3.8, 4) is 0 Å². The number of imide groups is 2. The van der Waals surface area contributed by atoms with E-state index in [0.717, 1.165) is 49.0 Å². The largest absolute Gasteiger partial charge is 0.444 e. The highest BCUT2D eigenvalue weighted by atomic mass is 16.6. The third-order valence-electron chi connectivity index (χ3n) is 7.71. The summed E-state index contributed by atoms with van der Waals surface area (Å²) in [4.78, 5) is 74.8. The molecule has 6 amide bonds. The maximum atomic E-state index is 13.0. The van der Waals surface area contributed by atoms with Gasteiger partial charge >= 0.3 is 6.09 Å². The lowest BCUT2D eigenvalue weighted by Crippen LogP contribution is -2.54. The molecule has 1 saturated heterocycles. The van der Waals surface area contributed by atoms with E-state index in [1.807, 2.05) is 32.9 Å². The van der Waals surface area contributed by atoms with E-state index in [-0.39, 0.29) is 36.0 Å². The van der Waals surface area contributed by atoms with Crippen LogP contribution in [0.15, 0.2) is 42.5 Å². The Morgan fingerprint density at radius 3 is 2.13 bits per heavy atom. The number of benzene rings is 2. The lowest BCUT2D eigenvalue weighted by atomic mass is 10.0. The summed E-state index contributed by atoms with van der Waals surface area (Å²) < 4.78 is 5.21. The summed E-state index contributed by atoms with van der Waals surface area (Å²) in [6.45, 7) is 7.14. The molecule has 0 radical (unpaired) electrons. The lowest BCUT2D eigenvalue weighted by Gasteiger charge is -2.27. The Labute approximate surface area is 269 Å². The standard InChI is InChI=1S/C34H43N5O7/c1-34(2,3)46-33(45)36-19-9-7-5-4-6-8-18-35-29(41)23-12-10-22(11-13-23)21-37-24-14-15-25-26(20-24)32(44)39(31(25)43)27-16-17-28(40)38-30(27)42/h10-15,20,27,37H,4-9,16-19,21H2,1-3H3,(H,35,41)(H,36,45)(H,38,40,42). The molecule has 0 saturated carbocycles. The van der Waals surface area contributed by atoms with Gasteiger partial charge in [-0.2, -0.15) is 0 Å². The summed E-state index contributed by atoms with van der Waals surface area (Å²) in [5.74, 6) is -2.29. The minimum atomic E-state index is -1.00. The van der Waals surface area contributed by atoms with Gasteiger partial charge in [-0.15, -0.1) is 0 Å². The number of rotatable bonds is 14. The van der Waals surface area contributed by atoms with Gasteiger partial charge in [0.1, 0.15) is 11.6 Å². The quantitative estimate of drug-likeness (QED) is 0.177. The first kappa shape index (κ1) is 34.1. The molecule has 2 aliphatic rings. The summed E-state index contributed by atoms with van der Waals surface area (Å²) in [5.41, 5.74) is 2.06. The number of alkyl carbamates (subject to hydrolysis) is 1. The highest BCUT2D eigenvalue weighted by Crippen LogP contribution is 2.29. The monoisotopic (exact) mass is 633 g/mol. The fourth-order valence-electron chi connectivity index (χ4n) is 5.32. The molecule has 2 aromatic rings. The second kappa shape index (κ2) is 15.5. The first-order valence-electron chi connectivity index (χ1n) is 15.9. The molecule has 4 N–H and O–H groups in total. The second-order valence-corrected chi connectivity index (χ2v) is 12.6. The molecule has 0 aliphatic carbocycles. The number of anilines is 1. The van der Waals surface area contributed by atoms with Gasteiger partial charge in [-0.05, 0) is 75.9 Å². The van der Waals surface area contributed by atoms with Crippen LogP contribution in [0, 0.1) is 0 Å². The van der Waals surface area contributed by atoms with Gasteiger partial charge in [0.2, 0.25) is 11.8 Å². The number of carbonyl (C=O) groups excluding carboxylic acids is 6. The molecule has 46 heavy (non-hydrogen) atoms. The van der Waals surface area contributed by atoms with Crippen LogP contribution in [-0.2, 0) is 20.9 Å². The predicted octanol–water partition coefficient (Wildman–Crippen LogP) is 4.30. The SMILES string of the molecule is CC(C)(C)OC(=O)NCCCCCCCCNC(=O)c1ccc(CNc2ccc3c(c2)C(=O)N(C2CCC(=O)NC2=O)C3=O)cc1. The van der Waals surface area contributed by atoms with Gasteiger partial charge in [-0.1, -0.05) is 37.8 Å². The first-order chi connectivity index (χ1) is 21.9. The van der Waals surface area contributed by atoms with Crippen LogP contribution in [0.1, 0.15) is 109 Å². The van der Waals surface area contributed by atoms with Crippen molar-refractivity contribution < 1.29 is 33.5 Å². The highest BCUT2D eigenvalue weighted by molar-refractivity contribution is 6.23. The number of ether oxygens (including phenoxy) is 1. The molecular weight excluding hydrogens is 590 g/mol. The van der Waals surface area contributed by atoms with E-state index in [9.17, 15) is 28.8 Å². The van der Waals surface area contributed by atoms with Gasteiger partial charge in [0.15, 0.2) is 0 Å². The van der Waals surface area contributed by atoms with Crippen molar-refractivity contribution in [2.24, 2.45) is 0 Å². The Morgan fingerprint density at radius 1 is 0.848 bits per heavy atom. The van der Waals surface area contributed by atoms with E-state index in [0.29, 0.717) is 30.9 Å². The summed E-state index contributed by atoms with van der Waals surface area (Å²) >= 11 is 0. The molecular formula is C34H43N5O7. The van der Waals surface area contributed by atoms with Gasteiger partial charge < -0.3 is 20.7 Å². The van der Waals surface area contributed by atoms with Gasteiger partial charge in [0.05, 0.1) is 11.1 Å². The van der Waals surface area contributed by atoms with Crippen LogP contribution < -0.4 is 21.3 Å². The third-order valence-corrected chi connectivity index (χ3v) is 7.71. The normalized spacial score (nSPS) is 16.2. The molecule has 1 unspecified atom stereocenters. The van der Waals surface area contributed by atoms with Gasteiger partial charge in [-0.25, -0.2) is 4.79 Å².